The smallest absolute Gasteiger partial charge is 0.305 e. The zero-order valence-corrected chi connectivity index (χ0v) is 38.8. The Morgan fingerprint density at radius 1 is 0.600 bits per heavy atom. The van der Waals surface area contributed by atoms with Crippen molar-refractivity contribution in [2.24, 2.45) is 0 Å². The Balaban J connectivity index is 0.814. The molecule has 0 spiro atoms. The van der Waals surface area contributed by atoms with Crippen molar-refractivity contribution >= 4 is 39.1 Å². The van der Waals surface area contributed by atoms with Crippen molar-refractivity contribution in [2.45, 2.75) is 32.6 Å². The molecule has 0 bridgehead atoms. The van der Waals surface area contributed by atoms with Gasteiger partial charge in [0.1, 0.15) is 5.82 Å². The third kappa shape index (κ3) is 24.4. The lowest BCUT2D eigenvalue weighted by atomic mass is 10.1. The number of nitrogens with one attached hydrogen (secondary N) is 1. The number of nitrogen functional groups attached to an aromatic ring is 1. The minimum atomic E-state index is -0.875. The number of aryl methyl sites for hydroxylation is 1. The summed E-state index contributed by atoms with van der Waals surface area (Å²) in [6, 6.07) is 8.70. The number of hydrogen-bond acceptors (Lipinski definition) is 17. The van der Waals surface area contributed by atoms with E-state index < -0.39 is 5.97 Å². The molecule has 65 heavy (non-hydrogen) atoms. The van der Waals surface area contributed by atoms with Crippen LogP contribution in [0.2, 0.25) is 0 Å². The van der Waals surface area contributed by atoms with Crippen LogP contribution < -0.4 is 10.6 Å². The molecule has 1 aromatic heterocycles. The van der Waals surface area contributed by atoms with Gasteiger partial charge in [-0.05, 0) is 30.0 Å². The number of imidazole rings is 1. The summed E-state index contributed by atoms with van der Waals surface area (Å²) >= 11 is 0. The molecule has 1 aliphatic rings. The molecule has 0 radical (unpaired) electrons. The Labute approximate surface area is 384 Å². The Hall–Kier alpha value is -3.28. The number of nitrogens with zero attached hydrogens (tertiary/aromatic N) is 3. The van der Waals surface area contributed by atoms with Gasteiger partial charge in [0.15, 0.2) is 0 Å². The van der Waals surface area contributed by atoms with Crippen LogP contribution in [-0.2, 0) is 68.1 Å². The lowest BCUT2D eigenvalue weighted by Crippen LogP contribution is -2.47. The molecule has 0 unspecified atom stereocenters. The molecule has 0 amide bonds. The molecule has 4 rings (SSSR count). The number of carboxylic acids is 1. The number of H-pyrrole nitrogens is 1. The fourth-order valence-electron chi connectivity index (χ4n) is 6.70. The summed E-state index contributed by atoms with van der Waals surface area (Å²) in [4.78, 5) is 23.7. The molecule has 2 heterocycles. The molecule has 370 valence electrons. The molecule has 19 heteroatoms. The maximum absolute atomic E-state index is 10.4. The van der Waals surface area contributed by atoms with Gasteiger partial charge in [-0.2, -0.15) is 0 Å². The van der Waals surface area contributed by atoms with E-state index in [-0.39, 0.29) is 13.0 Å². The molecule has 0 aliphatic carbocycles. The number of carbonyl (C=O) groups is 1. The molecular weight excluding hydrogens is 847 g/mol. The van der Waals surface area contributed by atoms with Crippen molar-refractivity contribution in [1.29, 1.82) is 0 Å². The Bertz CT molecular complexity index is 1650. The second-order valence-corrected chi connectivity index (χ2v) is 15.2. The number of aliphatic carboxylic acids is 1. The molecule has 1 saturated heterocycles. The number of unbranched alkanes of at least 4 members (excludes halogenated alkanes) is 1. The van der Waals surface area contributed by atoms with Crippen molar-refractivity contribution < 1.29 is 66.7 Å². The largest absolute Gasteiger partial charge is 0.481 e. The highest BCUT2D eigenvalue weighted by molar-refractivity contribution is 6.10. The maximum atomic E-state index is 10.4. The van der Waals surface area contributed by atoms with E-state index in [0.29, 0.717) is 152 Å². The molecule has 1 fully saturated rings. The van der Waals surface area contributed by atoms with Crippen molar-refractivity contribution in [3.05, 3.63) is 30.1 Å². The third-order valence-corrected chi connectivity index (χ3v) is 10.3. The number of benzene rings is 2. The van der Waals surface area contributed by atoms with Gasteiger partial charge in [0.25, 0.3) is 0 Å². The number of carboxylic acid groups (broad SMARTS) is 1. The second kappa shape index (κ2) is 35.9. The number of aromatic amines is 1. The van der Waals surface area contributed by atoms with E-state index in [4.69, 9.17) is 72.7 Å². The first-order valence-electron chi connectivity index (χ1n) is 23.4. The second-order valence-electron chi connectivity index (χ2n) is 15.2. The predicted octanol–water partition coefficient (Wildman–Crippen LogP) is 3.44. The highest BCUT2D eigenvalue weighted by Crippen LogP contribution is 2.32. The summed E-state index contributed by atoms with van der Waals surface area (Å²) in [5.74, 6) is 0.135. The van der Waals surface area contributed by atoms with E-state index in [9.17, 15) is 4.79 Å². The first kappa shape index (κ1) is 54.3. The average molecular weight is 924 g/mol. The number of nitrogens with two attached hydrogens (primary N) is 1. The van der Waals surface area contributed by atoms with E-state index in [2.05, 4.69) is 46.0 Å². The minimum Gasteiger partial charge on any atom is -0.481 e. The average Bonchev–Trinajstić information content (AvgIpc) is 3.76. The van der Waals surface area contributed by atoms with Crippen molar-refractivity contribution in [3.8, 4) is 0 Å². The number of aromatic nitrogens is 2. The van der Waals surface area contributed by atoms with Crippen LogP contribution in [0.3, 0.4) is 0 Å². The van der Waals surface area contributed by atoms with Crippen molar-refractivity contribution in [3.63, 3.8) is 0 Å². The zero-order valence-electron chi connectivity index (χ0n) is 38.8. The highest BCUT2D eigenvalue weighted by Gasteiger charge is 2.19. The fraction of sp³-hybridized carbons (Fsp3) is 0.739. The predicted molar refractivity (Wildman–Crippen MR) is 247 cm³/mol. The van der Waals surface area contributed by atoms with Crippen LogP contribution in [-0.4, -0.2) is 217 Å². The highest BCUT2D eigenvalue weighted by atomic mass is 16.6. The molecule has 2 aromatic carbocycles. The SMILES string of the molecule is CCCCc1nc2c([nH]1)c(N)cc1ccc(N3CCN(CCOCCOCCOCCOCCOCCOCCOCCOCCOCCOCCOCCOCCC(=O)O)CC3)cc12. The minimum absolute atomic E-state index is 0.00504. The van der Waals surface area contributed by atoms with E-state index in [1.54, 1.807) is 0 Å². The summed E-state index contributed by atoms with van der Waals surface area (Å²) in [6.45, 7) is 18.6. The third-order valence-electron chi connectivity index (χ3n) is 10.3. The standard InChI is InChI=1S/C46H77N5O14/c1-2-3-4-43-48-45-41-38-40(6-5-39(41)37-42(47)46(45)49-43)51-10-8-50(9-11-51)12-14-55-16-18-57-20-22-59-24-26-61-28-30-63-32-34-65-36-35-64-33-31-62-29-27-60-25-23-58-21-19-56-17-15-54-13-7-44(52)53/h5-6,37-38H,2-4,7-36,47H2,1H3,(H,48,49)(H,52,53). The van der Waals surface area contributed by atoms with Gasteiger partial charge in [-0.25, -0.2) is 4.98 Å². The molecule has 19 nitrogen and oxygen atoms in total. The first-order chi connectivity index (χ1) is 32.0. The first-order valence-corrected chi connectivity index (χ1v) is 23.4. The van der Waals surface area contributed by atoms with Crippen LogP contribution in [0.25, 0.3) is 21.8 Å². The number of rotatable bonds is 43. The van der Waals surface area contributed by atoms with Crippen LogP contribution in [0.1, 0.15) is 32.0 Å². The lowest BCUT2D eigenvalue weighted by Gasteiger charge is -2.36. The summed E-state index contributed by atoms with van der Waals surface area (Å²) < 4.78 is 66.0. The summed E-state index contributed by atoms with van der Waals surface area (Å²) in [6.07, 6.45) is 3.17. The number of fused-ring (bicyclic) bond motifs is 3. The number of anilines is 2. The van der Waals surface area contributed by atoms with Gasteiger partial charge in [0, 0.05) is 50.2 Å². The van der Waals surface area contributed by atoms with Crippen LogP contribution in [0.5, 0.6) is 0 Å². The van der Waals surface area contributed by atoms with Crippen LogP contribution in [0.15, 0.2) is 24.3 Å². The summed E-state index contributed by atoms with van der Waals surface area (Å²) in [7, 11) is 0. The monoisotopic (exact) mass is 924 g/mol. The topological polar surface area (TPSA) is 209 Å². The number of hydrogen-bond donors (Lipinski definition) is 3. The van der Waals surface area contributed by atoms with Gasteiger partial charge in [-0.3, -0.25) is 9.69 Å². The molecule has 0 saturated carbocycles. The quantitative estimate of drug-likeness (QED) is 0.0549. The molecule has 3 aromatic rings. The van der Waals surface area contributed by atoms with E-state index in [0.717, 1.165) is 85.3 Å². The van der Waals surface area contributed by atoms with Crippen LogP contribution >= 0.6 is 0 Å². The van der Waals surface area contributed by atoms with Gasteiger partial charge in [0.2, 0.25) is 0 Å². The van der Waals surface area contributed by atoms with Gasteiger partial charge in [-0.15, -0.1) is 0 Å². The van der Waals surface area contributed by atoms with Gasteiger partial charge >= 0.3 is 5.97 Å². The molecule has 4 N–H and O–H groups in total. The van der Waals surface area contributed by atoms with Crippen LogP contribution in [0, 0.1) is 0 Å². The Morgan fingerprint density at radius 3 is 1.43 bits per heavy atom. The van der Waals surface area contributed by atoms with Crippen molar-refractivity contribution in [1.82, 2.24) is 14.9 Å². The Kier molecular flexibility index (Phi) is 30.0. The summed E-state index contributed by atoms with van der Waals surface area (Å²) in [5, 5.41) is 10.8. The molecule has 1 aliphatic heterocycles. The fourth-order valence-corrected chi connectivity index (χ4v) is 6.70. The zero-order chi connectivity index (χ0) is 45.8. The van der Waals surface area contributed by atoms with E-state index in [1.165, 1.54) is 5.69 Å². The van der Waals surface area contributed by atoms with Crippen molar-refractivity contribution in [2.75, 3.05) is 202 Å². The summed E-state index contributed by atoms with van der Waals surface area (Å²) in [5.41, 5.74) is 10.3. The number of piperazine rings is 1. The van der Waals surface area contributed by atoms with Gasteiger partial charge in [0.05, 0.1) is 182 Å². The maximum Gasteiger partial charge on any atom is 0.305 e. The van der Waals surface area contributed by atoms with E-state index in [1.807, 2.05) is 0 Å². The normalized spacial score (nSPS) is 13.5. The Morgan fingerprint density at radius 2 is 1.02 bits per heavy atom. The van der Waals surface area contributed by atoms with Gasteiger partial charge in [-0.1, -0.05) is 19.4 Å². The van der Waals surface area contributed by atoms with E-state index >= 15 is 0 Å². The lowest BCUT2D eigenvalue weighted by molar-refractivity contribution is -0.138. The van der Waals surface area contributed by atoms with Gasteiger partial charge < -0.3 is 77.6 Å². The number of ether oxygens (including phenoxy) is 12. The van der Waals surface area contributed by atoms with Crippen LogP contribution in [0.4, 0.5) is 11.4 Å². The molecular formula is C46H77N5O14. The molecule has 0 atom stereocenters.